The number of alkyl halides is 2. The quantitative estimate of drug-likeness (QED) is 0.655. The molecule has 0 radical (unpaired) electrons. The Balaban J connectivity index is 3.38. The van der Waals surface area contributed by atoms with Gasteiger partial charge in [0.15, 0.2) is 0 Å². The van der Waals surface area contributed by atoms with Crippen molar-refractivity contribution in [3.05, 3.63) is 26.6 Å². The van der Waals surface area contributed by atoms with E-state index in [1.165, 1.54) is 0 Å². The van der Waals surface area contributed by atoms with Gasteiger partial charge in [0.25, 0.3) is 6.43 Å². The highest BCUT2D eigenvalue weighted by Crippen LogP contribution is 2.26. The summed E-state index contributed by atoms with van der Waals surface area (Å²) in [4.78, 5) is 14.2. The molecule has 82 valence electrons. The van der Waals surface area contributed by atoms with Crippen molar-refractivity contribution >= 4 is 28.6 Å². The van der Waals surface area contributed by atoms with E-state index in [0.29, 0.717) is 0 Å². The second-order valence-corrected chi connectivity index (χ2v) is 3.70. The molecule has 0 atom stereocenters. The maximum atomic E-state index is 12.6. The van der Waals surface area contributed by atoms with Gasteiger partial charge in [-0.1, -0.05) is 0 Å². The van der Waals surface area contributed by atoms with Crippen LogP contribution >= 0.6 is 22.6 Å². The number of aromatic nitrogens is 1. The second-order valence-electron chi connectivity index (χ2n) is 2.68. The smallest absolute Gasteiger partial charge is 0.354 e. The van der Waals surface area contributed by atoms with Crippen LogP contribution in [-0.2, 0) is 6.54 Å². The molecule has 0 bridgehead atoms. The van der Waals surface area contributed by atoms with Crippen LogP contribution in [0.5, 0.6) is 0 Å². The molecular weight excluding hydrogens is 321 g/mol. The maximum absolute atomic E-state index is 12.6. The number of halogens is 3. The van der Waals surface area contributed by atoms with Crippen molar-refractivity contribution in [2.24, 2.45) is 5.73 Å². The van der Waals surface area contributed by atoms with Crippen molar-refractivity contribution in [1.29, 1.82) is 0 Å². The summed E-state index contributed by atoms with van der Waals surface area (Å²) in [5, 5.41) is 8.64. The van der Waals surface area contributed by atoms with Crippen LogP contribution in [0.15, 0.2) is 6.07 Å². The van der Waals surface area contributed by atoms with E-state index in [1.807, 2.05) is 0 Å². The van der Waals surface area contributed by atoms with Crippen molar-refractivity contribution in [2.75, 3.05) is 0 Å². The van der Waals surface area contributed by atoms with E-state index in [2.05, 4.69) is 4.98 Å². The van der Waals surface area contributed by atoms with Crippen LogP contribution in [0.1, 0.15) is 28.0 Å². The zero-order chi connectivity index (χ0) is 11.6. The SMILES string of the molecule is NCc1c(C(F)F)cc(C(=O)O)nc1I. The first-order valence-electron chi connectivity index (χ1n) is 3.88. The topological polar surface area (TPSA) is 76.2 Å². The Hall–Kier alpha value is -0.830. The monoisotopic (exact) mass is 328 g/mol. The number of hydrogen-bond acceptors (Lipinski definition) is 3. The number of nitrogens with zero attached hydrogens (tertiary/aromatic N) is 1. The number of pyridine rings is 1. The Morgan fingerprint density at radius 2 is 2.27 bits per heavy atom. The summed E-state index contributed by atoms with van der Waals surface area (Å²) < 4.78 is 25.3. The third kappa shape index (κ3) is 2.59. The normalized spacial score (nSPS) is 10.7. The van der Waals surface area contributed by atoms with Crippen molar-refractivity contribution in [2.45, 2.75) is 13.0 Å². The van der Waals surface area contributed by atoms with Gasteiger partial charge in [-0.25, -0.2) is 18.6 Å². The molecule has 0 aliphatic heterocycles. The predicted octanol–water partition coefficient (Wildman–Crippen LogP) is 1.78. The molecule has 0 aliphatic rings. The molecule has 0 amide bonds. The molecule has 1 aromatic rings. The first kappa shape index (κ1) is 12.2. The van der Waals surface area contributed by atoms with Crippen LogP contribution < -0.4 is 5.73 Å². The van der Waals surface area contributed by atoms with Gasteiger partial charge in [0.2, 0.25) is 0 Å². The Morgan fingerprint density at radius 3 is 2.67 bits per heavy atom. The average molecular weight is 328 g/mol. The third-order valence-electron chi connectivity index (χ3n) is 1.77. The van der Waals surface area contributed by atoms with Gasteiger partial charge in [-0.2, -0.15) is 0 Å². The summed E-state index contributed by atoms with van der Waals surface area (Å²) in [7, 11) is 0. The molecule has 1 heterocycles. The number of carboxylic acid groups (broad SMARTS) is 1. The number of hydrogen-bond donors (Lipinski definition) is 2. The van der Waals surface area contributed by atoms with Crippen molar-refractivity contribution in [1.82, 2.24) is 4.98 Å². The predicted molar refractivity (Wildman–Crippen MR) is 56.8 cm³/mol. The molecule has 0 spiro atoms. The molecule has 0 saturated heterocycles. The Kier molecular flexibility index (Phi) is 3.91. The van der Waals surface area contributed by atoms with E-state index in [0.717, 1.165) is 6.07 Å². The van der Waals surface area contributed by atoms with Gasteiger partial charge >= 0.3 is 5.97 Å². The highest BCUT2D eigenvalue weighted by atomic mass is 127. The highest BCUT2D eigenvalue weighted by Gasteiger charge is 2.19. The minimum absolute atomic E-state index is 0.0924. The van der Waals surface area contributed by atoms with Gasteiger partial charge < -0.3 is 10.8 Å². The van der Waals surface area contributed by atoms with E-state index in [1.54, 1.807) is 22.6 Å². The lowest BCUT2D eigenvalue weighted by Gasteiger charge is -2.09. The van der Waals surface area contributed by atoms with Crippen LogP contribution in [-0.4, -0.2) is 16.1 Å². The lowest BCUT2D eigenvalue weighted by Crippen LogP contribution is -2.11. The zero-order valence-corrected chi connectivity index (χ0v) is 9.53. The van der Waals surface area contributed by atoms with Crippen molar-refractivity contribution < 1.29 is 18.7 Å². The van der Waals surface area contributed by atoms with Crippen molar-refractivity contribution in [3.63, 3.8) is 0 Å². The van der Waals surface area contributed by atoms with E-state index < -0.39 is 18.1 Å². The maximum Gasteiger partial charge on any atom is 0.354 e. The lowest BCUT2D eigenvalue weighted by molar-refractivity contribution is 0.0689. The number of carboxylic acids is 1. The van der Waals surface area contributed by atoms with Gasteiger partial charge in [-0.3, -0.25) is 0 Å². The minimum atomic E-state index is -2.75. The van der Waals surface area contributed by atoms with Crippen LogP contribution in [0.3, 0.4) is 0 Å². The van der Waals surface area contributed by atoms with E-state index in [-0.39, 0.29) is 21.4 Å². The van der Waals surface area contributed by atoms with Crippen LogP contribution in [0, 0.1) is 3.70 Å². The molecule has 3 N–H and O–H groups in total. The zero-order valence-electron chi connectivity index (χ0n) is 7.38. The van der Waals surface area contributed by atoms with Gasteiger partial charge in [-0.05, 0) is 28.7 Å². The molecule has 0 unspecified atom stereocenters. The molecule has 0 aromatic carbocycles. The summed E-state index contributed by atoms with van der Waals surface area (Å²) in [6, 6.07) is 0.858. The molecule has 0 fully saturated rings. The summed E-state index contributed by atoms with van der Waals surface area (Å²) >= 11 is 1.69. The van der Waals surface area contributed by atoms with Crippen LogP contribution in [0.2, 0.25) is 0 Å². The molecule has 0 aliphatic carbocycles. The van der Waals surface area contributed by atoms with E-state index in [9.17, 15) is 13.6 Å². The first-order chi connectivity index (χ1) is 6.97. The number of rotatable bonds is 3. The Morgan fingerprint density at radius 1 is 1.67 bits per heavy atom. The highest BCUT2D eigenvalue weighted by molar-refractivity contribution is 14.1. The summed E-state index contributed by atoms with van der Waals surface area (Å²) in [5.41, 5.74) is 4.72. The summed E-state index contributed by atoms with van der Waals surface area (Å²) in [6.07, 6.45) is -2.75. The fourth-order valence-electron chi connectivity index (χ4n) is 1.07. The summed E-state index contributed by atoms with van der Waals surface area (Å²) in [6.45, 7) is -0.0924. The summed E-state index contributed by atoms with van der Waals surface area (Å²) in [5.74, 6) is -1.33. The largest absolute Gasteiger partial charge is 0.477 e. The van der Waals surface area contributed by atoms with Gasteiger partial charge in [0, 0.05) is 17.7 Å². The van der Waals surface area contributed by atoms with Crippen LogP contribution in [0.4, 0.5) is 8.78 Å². The molecule has 15 heavy (non-hydrogen) atoms. The van der Waals surface area contributed by atoms with E-state index in [4.69, 9.17) is 10.8 Å². The molecule has 7 heteroatoms. The molecule has 1 aromatic heterocycles. The first-order valence-corrected chi connectivity index (χ1v) is 4.96. The van der Waals surface area contributed by atoms with Crippen molar-refractivity contribution in [3.8, 4) is 0 Å². The lowest BCUT2D eigenvalue weighted by atomic mass is 10.1. The third-order valence-corrected chi connectivity index (χ3v) is 2.66. The Bertz CT molecular complexity index is 398. The average Bonchev–Trinajstić information content (AvgIpc) is 2.16. The van der Waals surface area contributed by atoms with Gasteiger partial charge in [0.1, 0.15) is 9.39 Å². The fraction of sp³-hybridized carbons (Fsp3) is 0.250. The standard InChI is InChI=1S/C8H7F2IN2O2/c9-6(10)3-1-5(8(14)15)13-7(11)4(3)2-12/h1,6H,2,12H2,(H,14,15). The Labute approximate surface area is 97.6 Å². The molecule has 1 rings (SSSR count). The van der Waals surface area contributed by atoms with Crippen LogP contribution in [0.25, 0.3) is 0 Å². The van der Waals surface area contributed by atoms with E-state index >= 15 is 0 Å². The molecular formula is C8H7F2IN2O2. The fourth-order valence-corrected chi connectivity index (χ4v) is 1.86. The number of nitrogens with two attached hydrogens (primary N) is 1. The second kappa shape index (κ2) is 4.79. The van der Waals surface area contributed by atoms with Gasteiger partial charge in [0.05, 0.1) is 0 Å². The number of aromatic carboxylic acids is 1. The molecule has 0 saturated carbocycles. The van der Waals surface area contributed by atoms with Gasteiger partial charge in [-0.15, -0.1) is 0 Å². The molecule has 4 nitrogen and oxygen atoms in total. The minimum Gasteiger partial charge on any atom is -0.477 e. The number of carbonyl (C=O) groups is 1.